The first-order valence-electron chi connectivity index (χ1n) is 3.87. The fourth-order valence-corrected chi connectivity index (χ4v) is 1.37. The van der Waals surface area contributed by atoms with Gasteiger partial charge in [-0.2, -0.15) is 0 Å². The summed E-state index contributed by atoms with van der Waals surface area (Å²) in [5.74, 6) is 0.355. The molecule has 2 rings (SSSR count). The van der Waals surface area contributed by atoms with Crippen LogP contribution in [0.4, 0.5) is 4.39 Å². The summed E-state index contributed by atoms with van der Waals surface area (Å²) in [6.45, 7) is 2.18. The smallest absolute Gasteiger partial charge is 0.129 e. The molecule has 2 N–H and O–H groups in total. The van der Waals surface area contributed by atoms with Crippen molar-refractivity contribution in [2.24, 2.45) is 5.73 Å². The van der Waals surface area contributed by atoms with Gasteiger partial charge in [0.05, 0.1) is 6.04 Å². The summed E-state index contributed by atoms with van der Waals surface area (Å²) in [4.78, 5) is 0. The van der Waals surface area contributed by atoms with Crippen LogP contribution in [0.15, 0.2) is 12.1 Å². The molecule has 0 bridgehead atoms. The van der Waals surface area contributed by atoms with Crippen LogP contribution in [0.5, 0.6) is 5.75 Å². The number of hydrogen-bond acceptors (Lipinski definition) is 2. The van der Waals surface area contributed by atoms with Gasteiger partial charge in [-0.25, -0.2) is 4.39 Å². The van der Waals surface area contributed by atoms with E-state index in [1.807, 2.05) is 0 Å². The molecule has 1 unspecified atom stereocenters. The molecule has 0 saturated heterocycles. The van der Waals surface area contributed by atoms with E-state index in [2.05, 4.69) is 0 Å². The molecule has 0 spiro atoms. The first-order chi connectivity index (χ1) is 5.68. The summed E-state index contributed by atoms with van der Waals surface area (Å²) < 4.78 is 18.2. The summed E-state index contributed by atoms with van der Waals surface area (Å²) in [6, 6.07) is 3.05. The number of nitrogens with two attached hydrogens (primary N) is 1. The predicted octanol–water partition coefficient (Wildman–Crippen LogP) is 1.53. The highest BCUT2D eigenvalue weighted by Gasteiger charge is 2.21. The van der Waals surface area contributed by atoms with Crippen LogP contribution in [-0.4, -0.2) is 6.61 Å². The number of halogens is 1. The molecule has 1 aliphatic rings. The maximum atomic E-state index is 13.0. The van der Waals surface area contributed by atoms with Gasteiger partial charge in [0.2, 0.25) is 0 Å². The maximum absolute atomic E-state index is 13.0. The number of fused-ring (bicyclic) bond motifs is 1. The van der Waals surface area contributed by atoms with E-state index in [1.54, 1.807) is 13.0 Å². The molecule has 1 aliphatic heterocycles. The van der Waals surface area contributed by atoms with Gasteiger partial charge in [-0.05, 0) is 18.6 Å². The molecule has 0 aromatic heterocycles. The maximum Gasteiger partial charge on any atom is 0.129 e. The summed E-state index contributed by atoms with van der Waals surface area (Å²) in [7, 11) is 0. The Kier molecular flexibility index (Phi) is 1.54. The minimum atomic E-state index is -0.233. The van der Waals surface area contributed by atoms with Gasteiger partial charge in [0, 0.05) is 11.6 Å². The first-order valence-corrected chi connectivity index (χ1v) is 3.87. The molecule has 12 heavy (non-hydrogen) atoms. The van der Waals surface area contributed by atoms with Crippen LogP contribution in [-0.2, 0) is 0 Å². The first kappa shape index (κ1) is 7.55. The SMILES string of the molecule is Cc1cc2c(cc1F)OCC2N. The number of benzene rings is 1. The average molecular weight is 167 g/mol. The normalized spacial score (nSPS) is 20.4. The van der Waals surface area contributed by atoms with E-state index in [0.29, 0.717) is 17.9 Å². The van der Waals surface area contributed by atoms with Crippen LogP contribution in [0.25, 0.3) is 0 Å². The largest absolute Gasteiger partial charge is 0.491 e. The van der Waals surface area contributed by atoms with Crippen LogP contribution in [0.2, 0.25) is 0 Å². The van der Waals surface area contributed by atoms with E-state index in [9.17, 15) is 4.39 Å². The van der Waals surface area contributed by atoms with Crippen molar-refractivity contribution in [2.75, 3.05) is 6.61 Å². The Morgan fingerprint density at radius 3 is 3.08 bits per heavy atom. The minimum absolute atomic E-state index is 0.0979. The molecule has 1 aromatic rings. The van der Waals surface area contributed by atoms with E-state index in [-0.39, 0.29) is 11.9 Å². The van der Waals surface area contributed by atoms with Crippen molar-refractivity contribution < 1.29 is 9.13 Å². The quantitative estimate of drug-likeness (QED) is 0.636. The van der Waals surface area contributed by atoms with Gasteiger partial charge in [0.15, 0.2) is 0 Å². The van der Waals surface area contributed by atoms with Crippen molar-refractivity contribution in [1.29, 1.82) is 0 Å². The molecule has 0 saturated carbocycles. The minimum Gasteiger partial charge on any atom is -0.491 e. The Hall–Kier alpha value is -1.09. The standard InChI is InChI=1S/C9H10FNO/c1-5-2-6-8(11)4-12-9(6)3-7(5)10/h2-3,8H,4,11H2,1H3. The van der Waals surface area contributed by atoms with Gasteiger partial charge in [-0.1, -0.05) is 0 Å². The fourth-order valence-electron chi connectivity index (χ4n) is 1.37. The van der Waals surface area contributed by atoms with Gasteiger partial charge in [-0.15, -0.1) is 0 Å². The van der Waals surface area contributed by atoms with Crippen molar-refractivity contribution in [3.8, 4) is 5.75 Å². The van der Waals surface area contributed by atoms with Crippen LogP contribution in [0.3, 0.4) is 0 Å². The zero-order valence-corrected chi connectivity index (χ0v) is 6.80. The summed E-state index contributed by atoms with van der Waals surface area (Å²) in [6.07, 6.45) is 0. The van der Waals surface area contributed by atoms with E-state index in [4.69, 9.17) is 10.5 Å². The van der Waals surface area contributed by atoms with Gasteiger partial charge >= 0.3 is 0 Å². The Balaban J connectivity index is 2.56. The molecule has 0 amide bonds. The van der Waals surface area contributed by atoms with Gasteiger partial charge in [0.25, 0.3) is 0 Å². The third kappa shape index (κ3) is 0.975. The molecule has 64 valence electrons. The molecule has 0 radical (unpaired) electrons. The van der Waals surface area contributed by atoms with E-state index in [1.165, 1.54) is 6.07 Å². The van der Waals surface area contributed by atoms with E-state index < -0.39 is 0 Å². The Labute approximate surface area is 70.1 Å². The van der Waals surface area contributed by atoms with Crippen LogP contribution in [0.1, 0.15) is 17.2 Å². The van der Waals surface area contributed by atoms with Crippen molar-refractivity contribution in [3.63, 3.8) is 0 Å². The Morgan fingerprint density at radius 2 is 2.33 bits per heavy atom. The third-order valence-corrected chi connectivity index (χ3v) is 2.11. The van der Waals surface area contributed by atoms with Crippen LogP contribution < -0.4 is 10.5 Å². The molecule has 3 heteroatoms. The molecule has 1 aromatic carbocycles. The lowest BCUT2D eigenvalue weighted by molar-refractivity contribution is 0.332. The Morgan fingerprint density at radius 1 is 1.58 bits per heavy atom. The topological polar surface area (TPSA) is 35.2 Å². The van der Waals surface area contributed by atoms with Gasteiger partial charge in [0.1, 0.15) is 18.2 Å². The highest BCUT2D eigenvalue weighted by Crippen LogP contribution is 2.32. The predicted molar refractivity (Wildman–Crippen MR) is 43.6 cm³/mol. The van der Waals surface area contributed by atoms with E-state index >= 15 is 0 Å². The molecule has 0 fully saturated rings. The molecular weight excluding hydrogens is 157 g/mol. The van der Waals surface area contributed by atoms with Crippen molar-refractivity contribution in [1.82, 2.24) is 0 Å². The number of hydrogen-bond donors (Lipinski definition) is 1. The number of rotatable bonds is 0. The summed E-state index contributed by atoms with van der Waals surface area (Å²) in [5, 5.41) is 0. The second-order valence-electron chi connectivity index (χ2n) is 3.06. The van der Waals surface area contributed by atoms with Crippen molar-refractivity contribution in [2.45, 2.75) is 13.0 Å². The molecule has 1 atom stereocenters. The van der Waals surface area contributed by atoms with Crippen LogP contribution >= 0.6 is 0 Å². The molecule has 2 nitrogen and oxygen atoms in total. The summed E-state index contributed by atoms with van der Waals surface area (Å²) in [5.41, 5.74) is 7.25. The monoisotopic (exact) mass is 167 g/mol. The molecule has 0 aliphatic carbocycles. The molecular formula is C9H10FNO. The zero-order valence-electron chi connectivity index (χ0n) is 6.80. The average Bonchev–Trinajstić information content (AvgIpc) is 2.35. The fraction of sp³-hybridized carbons (Fsp3) is 0.333. The van der Waals surface area contributed by atoms with E-state index in [0.717, 1.165) is 5.56 Å². The molecule has 1 heterocycles. The lowest BCUT2D eigenvalue weighted by atomic mass is 10.1. The lowest BCUT2D eigenvalue weighted by Gasteiger charge is -2.02. The lowest BCUT2D eigenvalue weighted by Crippen LogP contribution is -2.10. The van der Waals surface area contributed by atoms with Gasteiger partial charge in [-0.3, -0.25) is 0 Å². The Bertz CT molecular complexity index is 325. The van der Waals surface area contributed by atoms with Gasteiger partial charge < -0.3 is 10.5 Å². The second kappa shape index (κ2) is 2.45. The van der Waals surface area contributed by atoms with Crippen LogP contribution in [0, 0.1) is 12.7 Å². The third-order valence-electron chi connectivity index (χ3n) is 2.11. The number of ether oxygens (including phenoxy) is 1. The van der Waals surface area contributed by atoms with Crippen molar-refractivity contribution >= 4 is 0 Å². The van der Waals surface area contributed by atoms with Crippen molar-refractivity contribution in [3.05, 3.63) is 29.1 Å². The second-order valence-corrected chi connectivity index (χ2v) is 3.06. The zero-order chi connectivity index (χ0) is 8.72. The summed E-state index contributed by atoms with van der Waals surface area (Å²) >= 11 is 0. The number of aryl methyl sites for hydroxylation is 1. The highest BCUT2D eigenvalue weighted by molar-refractivity contribution is 5.42. The highest BCUT2D eigenvalue weighted by atomic mass is 19.1.